The zero-order chi connectivity index (χ0) is 19.0. The number of hydrogen-bond donors (Lipinski definition) is 1. The maximum atomic E-state index is 13.8. The molecule has 1 heterocycles. The molecule has 0 aliphatic rings. The number of halogens is 4. The predicted molar refractivity (Wildman–Crippen MR) is 92.2 cm³/mol. The molecular formula is C18H13F4NO2S. The summed E-state index contributed by atoms with van der Waals surface area (Å²) in [5.74, 6) is -4.88. The molecule has 0 fully saturated rings. The highest BCUT2D eigenvalue weighted by molar-refractivity contribution is 7.99. The second-order valence-electron chi connectivity index (χ2n) is 5.48. The molecule has 2 aromatic carbocycles. The fourth-order valence-corrected chi connectivity index (χ4v) is 3.28. The van der Waals surface area contributed by atoms with E-state index in [-0.39, 0.29) is 27.7 Å². The summed E-state index contributed by atoms with van der Waals surface area (Å²) in [6.07, 6.45) is 1.66. The van der Waals surface area contributed by atoms with Crippen molar-refractivity contribution >= 4 is 28.4 Å². The van der Waals surface area contributed by atoms with Crippen LogP contribution >= 0.6 is 11.8 Å². The lowest BCUT2D eigenvalue weighted by molar-refractivity contribution is 0.0791. The number of Topliss-reactive ketones (excluding diaryl/α,β-unsaturated/α-hetero) is 1. The third-order valence-corrected chi connectivity index (χ3v) is 4.77. The molecule has 1 N–H and O–H groups in total. The molecule has 1 unspecified atom stereocenters. The van der Waals surface area contributed by atoms with Gasteiger partial charge in [0, 0.05) is 29.6 Å². The van der Waals surface area contributed by atoms with Crippen LogP contribution in [0.2, 0.25) is 0 Å². The van der Waals surface area contributed by atoms with Crippen LogP contribution in [-0.4, -0.2) is 29.6 Å². The zero-order valence-corrected chi connectivity index (χ0v) is 14.5. The molecule has 0 saturated heterocycles. The van der Waals surface area contributed by atoms with E-state index in [4.69, 9.17) is 4.74 Å². The second-order valence-corrected chi connectivity index (χ2v) is 6.38. The molecule has 0 spiro atoms. The number of rotatable bonds is 5. The number of hydrogen-bond acceptors (Lipinski definition) is 3. The number of nitrogens with one attached hydrogen (secondary N) is 1. The van der Waals surface area contributed by atoms with Gasteiger partial charge in [0.15, 0.2) is 28.7 Å². The number of benzene rings is 2. The van der Waals surface area contributed by atoms with E-state index in [1.807, 2.05) is 0 Å². The van der Waals surface area contributed by atoms with E-state index in [1.54, 1.807) is 6.26 Å². The number of fused-ring (bicyclic) bond motifs is 1. The number of aromatic nitrogens is 1. The lowest BCUT2D eigenvalue weighted by Crippen LogP contribution is -2.20. The van der Waals surface area contributed by atoms with E-state index in [9.17, 15) is 22.4 Å². The first-order valence-corrected chi connectivity index (χ1v) is 8.72. The Hall–Kier alpha value is -2.32. The van der Waals surface area contributed by atoms with Crippen molar-refractivity contribution in [3.05, 3.63) is 59.3 Å². The first kappa shape index (κ1) is 18.5. The third kappa shape index (κ3) is 3.10. The molecule has 3 nitrogen and oxygen atoms in total. The van der Waals surface area contributed by atoms with Crippen molar-refractivity contribution in [1.29, 1.82) is 0 Å². The number of aromatic amines is 1. The summed E-state index contributed by atoms with van der Waals surface area (Å²) in [6.45, 7) is 0. The number of H-pyrrole nitrogens is 1. The van der Waals surface area contributed by atoms with Crippen LogP contribution in [0.25, 0.3) is 22.0 Å². The molecule has 0 aliphatic heterocycles. The topological polar surface area (TPSA) is 42.1 Å². The molecule has 26 heavy (non-hydrogen) atoms. The van der Waals surface area contributed by atoms with E-state index >= 15 is 0 Å². The molecule has 1 aromatic heterocycles. The second kappa shape index (κ2) is 7.13. The Balaban J connectivity index is 2.32. The first-order chi connectivity index (χ1) is 12.4. The third-order valence-electron chi connectivity index (χ3n) is 3.94. The van der Waals surface area contributed by atoms with Gasteiger partial charge in [-0.1, -0.05) is 6.07 Å². The molecule has 136 valence electrons. The minimum atomic E-state index is -1.12. The van der Waals surface area contributed by atoms with Crippen molar-refractivity contribution < 1.29 is 27.1 Å². The van der Waals surface area contributed by atoms with Gasteiger partial charge in [0.25, 0.3) is 0 Å². The largest absolute Gasteiger partial charge is 0.362 e. The maximum absolute atomic E-state index is 13.8. The van der Waals surface area contributed by atoms with Crippen LogP contribution in [0.5, 0.6) is 0 Å². The lowest BCUT2D eigenvalue weighted by atomic mass is 10.00. The normalized spacial score (nSPS) is 12.5. The van der Waals surface area contributed by atoms with Crippen LogP contribution < -0.4 is 0 Å². The van der Waals surface area contributed by atoms with Crippen LogP contribution in [-0.2, 0) is 4.74 Å². The van der Waals surface area contributed by atoms with Crippen molar-refractivity contribution in [3.63, 3.8) is 0 Å². The van der Waals surface area contributed by atoms with E-state index in [1.165, 1.54) is 13.2 Å². The summed E-state index contributed by atoms with van der Waals surface area (Å²) in [6, 6.07) is 4.89. The van der Waals surface area contributed by atoms with Crippen LogP contribution in [0.4, 0.5) is 17.6 Å². The van der Waals surface area contributed by atoms with Gasteiger partial charge in [-0.15, -0.1) is 11.8 Å². The summed E-state index contributed by atoms with van der Waals surface area (Å²) in [5, 5.41) is 0.175. The standard InChI is InChI=1S/C18H13F4NO2S/c1-25-18(26-2)17(24)16-15(8-3-4-10(19)11(20)5-8)9-6-12(21)13(22)7-14(9)23-16/h3-7,18,23H,1-2H3. The molecule has 8 heteroatoms. The van der Waals surface area contributed by atoms with Gasteiger partial charge in [-0.3, -0.25) is 4.79 Å². The minimum Gasteiger partial charge on any atom is -0.362 e. The number of carbonyl (C=O) groups is 1. The Bertz CT molecular complexity index is 999. The quantitative estimate of drug-likeness (QED) is 0.387. The Labute approximate surface area is 150 Å². The van der Waals surface area contributed by atoms with E-state index < -0.39 is 34.5 Å². The van der Waals surface area contributed by atoms with Crippen molar-refractivity contribution in [2.45, 2.75) is 5.44 Å². The lowest BCUT2D eigenvalue weighted by Gasteiger charge is -2.12. The van der Waals surface area contributed by atoms with Crippen LogP contribution in [0.15, 0.2) is 30.3 Å². The highest BCUT2D eigenvalue weighted by atomic mass is 32.2. The fourth-order valence-electron chi connectivity index (χ4n) is 2.75. The van der Waals surface area contributed by atoms with E-state index in [0.717, 1.165) is 36.0 Å². The maximum Gasteiger partial charge on any atom is 0.218 e. The Morgan fingerprint density at radius 2 is 1.69 bits per heavy atom. The summed E-state index contributed by atoms with van der Waals surface area (Å²) in [4.78, 5) is 15.5. The van der Waals surface area contributed by atoms with Gasteiger partial charge in [-0.05, 0) is 30.0 Å². The van der Waals surface area contributed by atoms with Crippen LogP contribution in [0.1, 0.15) is 10.5 Å². The molecule has 0 saturated carbocycles. The van der Waals surface area contributed by atoms with Gasteiger partial charge in [0.2, 0.25) is 5.78 Å². The summed E-state index contributed by atoms with van der Waals surface area (Å²) < 4.78 is 59.4. The molecular weight excluding hydrogens is 370 g/mol. The molecule has 0 aliphatic carbocycles. The van der Waals surface area contributed by atoms with Gasteiger partial charge in [0.1, 0.15) is 0 Å². The Morgan fingerprint density at radius 1 is 1.04 bits per heavy atom. The molecule has 1 atom stereocenters. The van der Waals surface area contributed by atoms with Crippen molar-refractivity contribution in [2.75, 3.05) is 13.4 Å². The van der Waals surface area contributed by atoms with Gasteiger partial charge in [-0.25, -0.2) is 17.6 Å². The Morgan fingerprint density at radius 3 is 2.31 bits per heavy atom. The number of methoxy groups -OCH3 is 1. The van der Waals surface area contributed by atoms with E-state index in [0.29, 0.717) is 0 Å². The molecule has 3 aromatic rings. The van der Waals surface area contributed by atoms with Gasteiger partial charge < -0.3 is 9.72 Å². The van der Waals surface area contributed by atoms with E-state index in [2.05, 4.69) is 4.98 Å². The number of thioether (sulfide) groups is 1. The van der Waals surface area contributed by atoms with Gasteiger partial charge in [-0.2, -0.15) is 0 Å². The summed E-state index contributed by atoms with van der Waals surface area (Å²) >= 11 is 1.12. The highest BCUT2D eigenvalue weighted by Gasteiger charge is 2.26. The zero-order valence-electron chi connectivity index (χ0n) is 13.7. The predicted octanol–water partition coefficient (Wildman–Crippen LogP) is 4.91. The smallest absolute Gasteiger partial charge is 0.218 e. The van der Waals surface area contributed by atoms with Crippen molar-refractivity contribution in [1.82, 2.24) is 4.98 Å². The average molecular weight is 383 g/mol. The summed E-state index contributed by atoms with van der Waals surface area (Å²) in [7, 11) is 1.35. The first-order valence-electron chi connectivity index (χ1n) is 7.43. The van der Waals surface area contributed by atoms with Crippen LogP contribution in [0.3, 0.4) is 0 Å². The van der Waals surface area contributed by atoms with Gasteiger partial charge in [0.05, 0.1) is 5.69 Å². The number of ketones is 1. The molecule has 0 radical (unpaired) electrons. The van der Waals surface area contributed by atoms with Crippen molar-refractivity contribution in [3.8, 4) is 11.1 Å². The molecule has 0 amide bonds. The van der Waals surface area contributed by atoms with Gasteiger partial charge >= 0.3 is 0 Å². The fraction of sp³-hybridized carbons (Fsp3) is 0.167. The minimum absolute atomic E-state index is 0.00259. The van der Waals surface area contributed by atoms with Crippen molar-refractivity contribution in [2.24, 2.45) is 0 Å². The number of carbonyl (C=O) groups excluding carboxylic acids is 1. The number of ether oxygens (including phenoxy) is 1. The summed E-state index contributed by atoms with van der Waals surface area (Å²) in [5.41, 5.74) is -0.415. The molecule has 3 rings (SSSR count). The monoisotopic (exact) mass is 383 g/mol. The highest BCUT2D eigenvalue weighted by Crippen LogP contribution is 2.36. The Kier molecular flexibility index (Phi) is 5.06. The SMILES string of the molecule is COC(SC)C(=O)c1[nH]c2cc(F)c(F)cc2c1-c1ccc(F)c(F)c1. The van der Waals surface area contributed by atoms with Crippen LogP contribution in [0, 0.1) is 23.3 Å². The average Bonchev–Trinajstić information content (AvgIpc) is 2.97. The molecule has 0 bridgehead atoms.